The topological polar surface area (TPSA) is 6.48 Å². The van der Waals surface area contributed by atoms with Gasteiger partial charge in [-0.25, -0.2) is 0 Å². The summed E-state index contributed by atoms with van der Waals surface area (Å²) in [6.07, 6.45) is 27.0. The summed E-state index contributed by atoms with van der Waals surface area (Å²) in [7, 11) is 0. The van der Waals surface area contributed by atoms with E-state index in [1.54, 1.807) is 0 Å². The first kappa shape index (κ1) is 43.2. The second-order valence-corrected chi connectivity index (χ2v) is 21.2. The van der Waals surface area contributed by atoms with Crippen LogP contribution in [0.2, 0.25) is 0 Å². The highest BCUT2D eigenvalue weighted by Crippen LogP contribution is 2.51. The van der Waals surface area contributed by atoms with Gasteiger partial charge in [-0.05, 0) is 204 Å². The van der Waals surface area contributed by atoms with Crippen LogP contribution in [0, 0.1) is 0 Å². The Labute approximate surface area is 434 Å². The number of para-hydroxylation sites is 2. The van der Waals surface area contributed by atoms with E-state index in [0.29, 0.717) is 0 Å². The smallest absolute Gasteiger partial charge is 0.0493 e. The number of fused-ring (bicyclic) bond motifs is 6. The zero-order chi connectivity index (χ0) is 48.7. The number of anilines is 4. The molecule has 6 aliphatic rings. The number of hydrogen-bond acceptors (Lipinski definition) is 2. The van der Waals surface area contributed by atoms with Crippen molar-refractivity contribution in [3.8, 4) is 11.1 Å². The zero-order valence-corrected chi connectivity index (χ0v) is 41.8. The number of benzene rings is 9. The summed E-state index contributed by atoms with van der Waals surface area (Å²) in [5, 5.41) is 7.78. The minimum atomic E-state index is 0.954. The van der Waals surface area contributed by atoms with Gasteiger partial charge in [-0.2, -0.15) is 0 Å². The number of aryl methyl sites for hydroxylation is 1. The molecule has 354 valence electrons. The largest absolute Gasteiger partial charge is 0.314 e. The van der Waals surface area contributed by atoms with Crippen molar-refractivity contribution in [1.82, 2.24) is 0 Å². The Kier molecular flexibility index (Phi) is 10.3. The molecular formula is C72H56N2. The van der Waals surface area contributed by atoms with Crippen LogP contribution >= 0.6 is 0 Å². The normalized spacial score (nSPS) is 16.9. The molecule has 9 aromatic rings. The van der Waals surface area contributed by atoms with Crippen LogP contribution in [0.5, 0.6) is 0 Å². The van der Waals surface area contributed by atoms with Gasteiger partial charge in [0, 0.05) is 47.0 Å². The van der Waals surface area contributed by atoms with Crippen LogP contribution in [-0.4, -0.2) is 0 Å². The highest BCUT2D eigenvalue weighted by Gasteiger charge is 2.30. The highest BCUT2D eigenvalue weighted by molar-refractivity contribution is 6.20. The van der Waals surface area contributed by atoms with Crippen LogP contribution < -0.4 is 9.80 Å². The van der Waals surface area contributed by atoms with Gasteiger partial charge < -0.3 is 9.80 Å². The number of nitrogens with zero attached hydrogens (tertiary/aromatic N) is 2. The standard InChI is InChI=1S/C72H56N2/c1-3-15-53-41-55(35-29-47(53)13-1)49-25-31-51(32-26-49)71-63-39-37-62(74-69-23-11-7-19-59(69)44-60-20-8-12-24-70(60)74)46-66(63)72(52-33-27-50(28-34-52)56-36-30-48-14-2-4-16-54(48)42-56)64-40-38-61(45-65(64)71)73-67-21-9-5-17-57(67)43-58-18-6-10-22-68(58)73/h1-9,11,13-21,23,25-27,30-33,36-42,45-46H,10,12,22,24,28-29,34-35,43-44H2. The molecule has 2 aliphatic heterocycles. The van der Waals surface area contributed by atoms with E-state index in [2.05, 4.69) is 228 Å². The summed E-state index contributed by atoms with van der Waals surface area (Å²) in [5.41, 5.74) is 27.1. The van der Waals surface area contributed by atoms with Gasteiger partial charge >= 0.3 is 0 Å². The van der Waals surface area contributed by atoms with Crippen molar-refractivity contribution in [2.24, 2.45) is 0 Å². The van der Waals surface area contributed by atoms with Crippen LogP contribution in [0.3, 0.4) is 0 Å². The summed E-state index contributed by atoms with van der Waals surface area (Å²) in [6, 6.07) is 67.3. The molecule has 4 aliphatic carbocycles. The van der Waals surface area contributed by atoms with E-state index in [9.17, 15) is 0 Å². The highest BCUT2D eigenvalue weighted by atomic mass is 15.2. The Morgan fingerprint density at radius 1 is 0.351 bits per heavy atom. The summed E-state index contributed by atoms with van der Waals surface area (Å²) in [5.74, 6) is 0. The first-order chi connectivity index (χ1) is 36.7. The van der Waals surface area contributed by atoms with Gasteiger partial charge in [0.15, 0.2) is 0 Å². The minimum Gasteiger partial charge on any atom is -0.314 e. The van der Waals surface area contributed by atoms with E-state index >= 15 is 0 Å². The third kappa shape index (κ3) is 7.22. The lowest BCUT2D eigenvalue weighted by atomic mass is 9.81. The fourth-order valence-corrected chi connectivity index (χ4v) is 13.4. The number of allylic oxidation sites excluding steroid dienone is 13. The molecule has 2 heterocycles. The van der Waals surface area contributed by atoms with Crippen molar-refractivity contribution in [3.05, 3.63) is 274 Å². The molecule has 2 nitrogen and oxygen atoms in total. The predicted octanol–water partition coefficient (Wildman–Crippen LogP) is 19.2. The summed E-state index contributed by atoms with van der Waals surface area (Å²) in [6.45, 7) is 0. The molecule has 0 saturated heterocycles. The van der Waals surface area contributed by atoms with Crippen LogP contribution in [-0.2, 0) is 19.3 Å². The lowest BCUT2D eigenvalue weighted by Crippen LogP contribution is -2.25. The molecule has 0 aromatic heterocycles. The Hall–Kier alpha value is -8.46. The van der Waals surface area contributed by atoms with Crippen LogP contribution in [0.25, 0.3) is 66.2 Å². The Morgan fingerprint density at radius 2 is 0.892 bits per heavy atom. The van der Waals surface area contributed by atoms with Gasteiger partial charge in [0.1, 0.15) is 0 Å². The molecule has 0 atom stereocenters. The van der Waals surface area contributed by atoms with Gasteiger partial charge in [-0.15, -0.1) is 0 Å². The molecule has 15 rings (SSSR count). The fraction of sp³-hybridized carbons (Fsp3) is 0.139. The van der Waals surface area contributed by atoms with Crippen molar-refractivity contribution in [2.45, 2.75) is 64.2 Å². The summed E-state index contributed by atoms with van der Waals surface area (Å²) in [4.78, 5) is 5.20. The second kappa shape index (κ2) is 17.6. The zero-order valence-electron chi connectivity index (χ0n) is 41.8. The van der Waals surface area contributed by atoms with Gasteiger partial charge in [0.25, 0.3) is 0 Å². The van der Waals surface area contributed by atoms with Gasteiger partial charge in [0.05, 0.1) is 0 Å². The van der Waals surface area contributed by atoms with E-state index in [0.717, 1.165) is 64.2 Å². The van der Waals surface area contributed by atoms with E-state index < -0.39 is 0 Å². The van der Waals surface area contributed by atoms with E-state index in [4.69, 9.17) is 0 Å². The maximum Gasteiger partial charge on any atom is 0.0493 e. The third-order valence-electron chi connectivity index (χ3n) is 17.0. The van der Waals surface area contributed by atoms with Gasteiger partial charge in [-0.3, -0.25) is 0 Å². The van der Waals surface area contributed by atoms with Gasteiger partial charge in [0.2, 0.25) is 0 Å². The van der Waals surface area contributed by atoms with Crippen molar-refractivity contribution in [2.75, 3.05) is 9.80 Å². The molecular weight excluding hydrogens is 893 g/mol. The molecule has 0 bridgehead atoms. The maximum absolute atomic E-state index is 2.60. The van der Waals surface area contributed by atoms with E-state index in [1.165, 1.54) is 144 Å². The Morgan fingerprint density at radius 3 is 1.57 bits per heavy atom. The van der Waals surface area contributed by atoms with Crippen LogP contribution in [0.15, 0.2) is 235 Å². The molecule has 0 N–H and O–H groups in total. The van der Waals surface area contributed by atoms with Crippen LogP contribution in [0.4, 0.5) is 22.7 Å². The summed E-state index contributed by atoms with van der Waals surface area (Å²) >= 11 is 0. The Balaban J connectivity index is 0.980. The van der Waals surface area contributed by atoms with Crippen molar-refractivity contribution in [1.29, 1.82) is 0 Å². The van der Waals surface area contributed by atoms with E-state index in [1.807, 2.05) is 0 Å². The molecule has 9 aromatic carbocycles. The lowest BCUT2D eigenvalue weighted by Gasteiger charge is -2.37. The first-order valence-corrected chi connectivity index (χ1v) is 27.0. The quantitative estimate of drug-likeness (QED) is 0.153. The molecule has 0 spiro atoms. The molecule has 0 amide bonds. The minimum absolute atomic E-state index is 0.954. The molecule has 74 heavy (non-hydrogen) atoms. The Bertz CT molecular complexity index is 4070. The molecule has 0 radical (unpaired) electrons. The van der Waals surface area contributed by atoms with Gasteiger partial charge in [-0.1, -0.05) is 176 Å². The van der Waals surface area contributed by atoms with Crippen LogP contribution in [0.1, 0.15) is 83.9 Å². The second-order valence-electron chi connectivity index (χ2n) is 21.2. The molecule has 0 unspecified atom stereocenters. The predicted molar refractivity (Wildman–Crippen MR) is 314 cm³/mol. The number of hydrogen-bond donors (Lipinski definition) is 0. The SMILES string of the molecule is C1=CC2=C(CC1)N(c1ccc3c(-c4ccc(C5=Cc6ccccc6CC5)cc4)c4cc(N5C6=C(C=CCC6)Cc6ccccc65)ccc4c(C4=CC=C(c5ccc6ccccc6c5)CC4)c3c1)c1ccccc1C2. The van der Waals surface area contributed by atoms with Crippen molar-refractivity contribution >= 4 is 77.9 Å². The fourth-order valence-electron chi connectivity index (χ4n) is 13.4. The molecule has 0 fully saturated rings. The molecule has 2 heteroatoms. The number of rotatable bonds is 6. The third-order valence-corrected chi connectivity index (χ3v) is 17.0. The van der Waals surface area contributed by atoms with Crippen molar-refractivity contribution in [3.63, 3.8) is 0 Å². The summed E-state index contributed by atoms with van der Waals surface area (Å²) < 4.78 is 0. The first-order valence-electron chi connectivity index (χ1n) is 27.0. The lowest BCUT2D eigenvalue weighted by molar-refractivity contribution is 0.859. The monoisotopic (exact) mass is 948 g/mol. The average molecular weight is 949 g/mol. The molecule has 0 saturated carbocycles. The maximum atomic E-state index is 2.60. The van der Waals surface area contributed by atoms with Crippen molar-refractivity contribution < 1.29 is 0 Å². The average Bonchev–Trinajstić information content (AvgIpc) is 3.48. The van der Waals surface area contributed by atoms with E-state index in [-0.39, 0.29) is 0 Å².